The van der Waals surface area contributed by atoms with Gasteiger partial charge in [0.2, 0.25) is 10.0 Å². The molecule has 0 bridgehead atoms. The summed E-state index contributed by atoms with van der Waals surface area (Å²) < 4.78 is 37.9. The second-order valence-electron chi connectivity index (χ2n) is 5.67. The van der Waals surface area contributed by atoms with Crippen molar-refractivity contribution in [3.05, 3.63) is 48.0 Å². The quantitative estimate of drug-likeness (QED) is 0.664. The fourth-order valence-corrected chi connectivity index (χ4v) is 2.73. The highest BCUT2D eigenvalue weighted by Gasteiger charge is 2.22. The average Bonchev–Trinajstić information content (AvgIpc) is 2.66. The average molecular weight is 408 g/mol. The van der Waals surface area contributed by atoms with Crippen molar-refractivity contribution in [3.63, 3.8) is 0 Å². The van der Waals surface area contributed by atoms with Crippen molar-refractivity contribution >= 4 is 27.6 Å². The lowest BCUT2D eigenvalue weighted by molar-refractivity contribution is -0.123. The van der Waals surface area contributed by atoms with E-state index in [9.17, 15) is 18.0 Å². The number of methoxy groups -OCH3 is 2. The standard InChI is InChI=1S/C18H20N2O7S/c1-11(17(21)20-12-4-7-14(8-5-12)28(19,23)24)27-18(22)15-9-6-13(25-2)10-16(15)26-3/h4-11H,1-3H3,(H,20,21)(H2,19,23,24). The molecule has 1 unspecified atom stereocenters. The van der Waals surface area contributed by atoms with Crippen LogP contribution in [0.1, 0.15) is 17.3 Å². The van der Waals surface area contributed by atoms with Crippen molar-refractivity contribution < 1.29 is 32.2 Å². The topological polar surface area (TPSA) is 134 Å². The molecule has 0 heterocycles. The number of nitrogens with one attached hydrogen (secondary N) is 1. The van der Waals surface area contributed by atoms with Gasteiger partial charge in [0.15, 0.2) is 6.10 Å². The molecule has 2 rings (SSSR count). The number of benzene rings is 2. The Morgan fingerprint density at radius 2 is 1.68 bits per heavy atom. The van der Waals surface area contributed by atoms with Gasteiger partial charge in [-0.3, -0.25) is 4.79 Å². The maximum atomic E-state index is 12.3. The number of esters is 1. The highest BCUT2D eigenvalue weighted by molar-refractivity contribution is 7.89. The Balaban J connectivity index is 2.05. The first kappa shape index (κ1) is 21.2. The first-order chi connectivity index (χ1) is 13.2. The van der Waals surface area contributed by atoms with Crippen LogP contribution >= 0.6 is 0 Å². The largest absolute Gasteiger partial charge is 0.497 e. The summed E-state index contributed by atoms with van der Waals surface area (Å²) in [6, 6.07) is 9.81. The molecule has 1 atom stereocenters. The monoisotopic (exact) mass is 408 g/mol. The SMILES string of the molecule is COc1ccc(C(=O)OC(C)C(=O)Nc2ccc(S(N)(=O)=O)cc2)c(OC)c1. The maximum Gasteiger partial charge on any atom is 0.342 e. The fraction of sp³-hybridized carbons (Fsp3) is 0.222. The predicted molar refractivity (Wildman–Crippen MR) is 101 cm³/mol. The summed E-state index contributed by atoms with van der Waals surface area (Å²) in [7, 11) is -0.949. The molecule has 3 N–H and O–H groups in total. The predicted octanol–water partition coefficient (Wildman–Crippen LogP) is 1.54. The van der Waals surface area contributed by atoms with Gasteiger partial charge in [-0.2, -0.15) is 0 Å². The maximum absolute atomic E-state index is 12.3. The zero-order chi connectivity index (χ0) is 20.9. The summed E-state index contributed by atoms with van der Waals surface area (Å²) >= 11 is 0. The van der Waals surface area contributed by atoms with Gasteiger partial charge >= 0.3 is 5.97 Å². The molecule has 0 aromatic heterocycles. The molecule has 0 radical (unpaired) electrons. The number of anilines is 1. The van der Waals surface area contributed by atoms with E-state index in [1.807, 2.05) is 0 Å². The lowest BCUT2D eigenvalue weighted by atomic mass is 10.2. The summed E-state index contributed by atoms with van der Waals surface area (Å²) in [5.74, 6) is -0.589. The zero-order valence-electron chi connectivity index (χ0n) is 15.5. The Morgan fingerprint density at radius 1 is 1.04 bits per heavy atom. The van der Waals surface area contributed by atoms with E-state index in [1.54, 1.807) is 6.07 Å². The van der Waals surface area contributed by atoms with E-state index in [-0.39, 0.29) is 16.2 Å². The van der Waals surface area contributed by atoms with Crippen LogP contribution < -0.4 is 19.9 Å². The minimum absolute atomic E-state index is 0.0865. The Labute approximate surface area is 162 Å². The number of carbonyl (C=O) groups excluding carboxylic acids is 2. The molecule has 0 aliphatic heterocycles. The second-order valence-corrected chi connectivity index (χ2v) is 7.23. The molecule has 10 heteroatoms. The third-order valence-electron chi connectivity index (χ3n) is 3.73. The van der Waals surface area contributed by atoms with Gasteiger partial charge in [-0.15, -0.1) is 0 Å². The molecule has 0 aliphatic rings. The third kappa shape index (κ3) is 5.21. The van der Waals surface area contributed by atoms with E-state index in [2.05, 4.69) is 5.32 Å². The van der Waals surface area contributed by atoms with Gasteiger partial charge in [0, 0.05) is 11.8 Å². The zero-order valence-corrected chi connectivity index (χ0v) is 16.3. The van der Waals surface area contributed by atoms with Gasteiger partial charge in [0.05, 0.1) is 19.1 Å². The van der Waals surface area contributed by atoms with Crippen LogP contribution in [0.25, 0.3) is 0 Å². The number of rotatable bonds is 7. The lowest BCUT2D eigenvalue weighted by Gasteiger charge is -2.15. The minimum atomic E-state index is -3.83. The van der Waals surface area contributed by atoms with Crippen molar-refractivity contribution in [3.8, 4) is 11.5 Å². The van der Waals surface area contributed by atoms with Crippen molar-refractivity contribution in [2.24, 2.45) is 5.14 Å². The van der Waals surface area contributed by atoms with E-state index in [4.69, 9.17) is 19.3 Å². The minimum Gasteiger partial charge on any atom is -0.497 e. The molecule has 2 aromatic carbocycles. The Bertz CT molecular complexity index is 972. The van der Waals surface area contributed by atoms with Crippen molar-refractivity contribution in [1.29, 1.82) is 0 Å². The van der Waals surface area contributed by atoms with Crippen LogP contribution in [0, 0.1) is 0 Å². The smallest absolute Gasteiger partial charge is 0.342 e. The number of sulfonamides is 1. The summed E-state index contributed by atoms with van der Waals surface area (Å²) in [4.78, 5) is 24.5. The van der Waals surface area contributed by atoms with Gasteiger partial charge in [-0.05, 0) is 43.3 Å². The molecule has 2 aromatic rings. The van der Waals surface area contributed by atoms with Crippen LogP contribution in [0.2, 0.25) is 0 Å². The van der Waals surface area contributed by atoms with Gasteiger partial charge in [0.1, 0.15) is 17.1 Å². The van der Waals surface area contributed by atoms with E-state index < -0.39 is 28.0 Å². The van der Waals surface area contributed by atoms with Crippen LogP contribution in [-0.2, 0) is 19.6 Å². The molecule has 150 valence electrons. The third-order valence-corrected chi connectivity index (χ3v) is 4.66. The number of primary sulfonamides is 1. The van der Waals surface area contributed by atoms with E-state index in [0.717, 1.165) is 0 Å². The number of ether oxygens (including phenoxy) is 3. The highest BCUT2D eigenvalue weighted by Crippen LogP contribution is 2.25. The molecule has 0 aliphatic carbocycles. The van der Waals surface area contributed by atoms with Crippen LogP contribution in [0.15, 0.2) is 47.4 Å². The Morgan fingerprint density at radius 3 is 2.21 bits per heavy atom. The molecule has 9 nitrogen and oxygen atoms in total. The summed E-state index contributed by atoms with van der Waals surface area (Å²) in [5.41, 5.74) is 0.461. The normalized spacial score (nSPS) is 12.0. The highest BCUT2D eigenvalue weighted by atomic mass is 32.2. The van der Waals surface area contributed by atoms with Crippen LogP contribution in [0.4, 0.5) is 5.69 Å². The van der Waals surface area contributed by atoms with Gasteiger partial charge in [-0.25, -0.2) is 18.4 Å². The van der Waals surface area contributed by atoms with E-state index in [1.165, 1.54) is 57.5 Å². The van der Waals surface area contributed by atoms with Crippen LogP contribution in [-0.4, -0.2) is 40.6 Å². The first-order valence-corrected chi connectivity index (χ1v) is 9.57. The molecule has 0 fully saturated rings. The van der Waals surface area contributed by atoms with Crippen molar-refractivity contribution in [2.45, 2.75) is 17.9 Å². The Kier molecular flexibility index (Phi) is 6.60. The molecule has 0 saturated heterocycles. The van der Waals surface area contributed by atoms with E-state index in [0.29, 0.717) is 11.4 Å². The number of carbonyl (C=O) groups is 2. The van der Waals surface area contributed by atoms with Crippen LogP contribution in [0.3, 0.4) is 0 Å². The first-order valence-electron chi connectivity index (χ1n) is 8.02. The van der Waals surface area contributed by atoms with Crippen LogP contribution in [0.5, 0.6) is 11.5 Å². The van der Waals surface area contributed by atoms with Gasteiger partial charge in [-0.1, -0.05) is 0 Å². The van der Waals surface area contributed by atoms with Gasteiger partial charge in [0.25, 0.3) is 5.91 Å². The van der Waals surface area contributed by atoms with E-state index >= 15 is 0 Å². The number of hydrogen-bond donors (Lipinski definition) is 2. The summed E-state index contributed by atoms with van der Waals surface area (Å²) in [6.45, 7) is 1.40. The molecular weight excluding hydrogens is 388 g/mol. The Hall–Kier alpha value is -3.11. The number of nitrogens with two attached hydrogens (primary N) is 1. The molecule has 0 spiro atoms. The number of amides is 1. The second kappa shape index (κ2) is 8.72. The molecule has 28 heavy (non-hydrogen) atoms. The number of hydrogen-bond acceptors (Lipinski definition) is 7. The van der Waals surface area contributed by atoms with Crippen molar-refractivity contribution in [1.82, 2.24) is 0 Å². The summed E-state index contributed by atoms with van der Waals surface area (Å²) in [5, 5.41) is 7.54. The lowest BCUT2D eigenvalue weighted by Crippen LogP contribution is -2.30. The fourth-order valence-electron chi connectivity index (χ4n) is 2.22. The molecule has 1 amide bonds. The summed E-state index contributed by atoms with van der Waals surface area (Å²) in [6.07, 6.45) is -1.11. The van der Waals surface area contributed by atoms with Gasteiger partial charge < -0.3 is 19.5 Å². The molecular formula is C18H20N2O7S. The van der Waals surface area contributed by atoms with Crippen molar-refractivity contribution in [2.75, 3.05) is 19.5 Å². The molecule has 0 saturated carbocycles.